The van der Waals surface area contributed by atoms with Crippen LogP contribution in [0.15, 0.2) is 4.60 Å². The van der Waals surface area contributed by atoms with E-state index in [9.17, 15) is 4.79 Å². The summed E-state index contributed by atoms with van der Waals surface area (Å²) in [5.74, 6) is -0.406. The topological polar surface area (TPSA) is 39.2 Å². The molecule has 0 atom stereocenters. The third-order valence-electron chi connectivity index (χ3n) is 1.97. The van der Waals surface area contributed by atoms with Crippen LogP contribution in [-0.4, -0.2) is 17.6 Å². The van der Waals surface area contributed by atoms with Crippen LogP contribution in [0.3, 0.4) is 0 Å². The predicted octanol–water partition coefficient (Wildman–Crippen LogP) is 3.29. The first-order chi connectivity index (χ1) is 6.99. The average molecular weight is 293 g/mol. The van der Waals surface area contributed by atoms with Gasteiger partial charge in [-0.3, -0.25) is 0 Å². The monoisotopic (exact) mass is 291 g/mol. The molecule has 0 aliphatic carbocycles. The van der Waals surface area contributed by atoms with Crippen molar-refractivity contribution >= 4 is 33.5 Å². The molecular formula is C10H11BrClNO2. The van der Waals surface area contributed by atoms with Gasteiger partial charge in [-0.1, -0.05) is 11.6 Å². The number of aromatic nitrogens is 1. The Kier molecular flexibility index (Phi) is 4.11. The molecule has 15 heavy (non-hydrogen) atoms. The second-order valence-electron chi connectivity index (χ2n) is 3.02. The van der Waals surface area contributed by atoms with E-state index in [0.717, 1.165) is 0 Å². The van der Waals surface area contributed by atoms with Gasteiger partial charge in [-0.25, -0.2) is 9.78 Å². The van der Waals surface area contributed by atoms with Crippen molar-refractivity contribution in [3.05, 3.63) is 26.4 Å². The molecule has 0 N–H and O–H groups in total. The van der Waals surface area contributed by atoms with Gasteiger partial charge in [0.15, 0.2) is 0 Å². The molecule has 0 spiro atoms. The van der Waals surface area contributed by atoms with E-state index >= 15 is 0 Å². The number of carbonyl (C=O) groups is 1. The third-order valence-corrected chi connectivity index (χ3v) is 3.10. The maximum Gasteiger partial charge on any atom is 0.341 e. The van der Waals surface area contributed by atoms with Crippen molar-refractivity contribution in [2.24, 2.45) is 0 Å². The molecule has 0 bridgehead atoms. The zero-order valence-electron chi connectivity index (χ0n) is 8.73. The van der Waals surface area contributed by atoms with Gasteiger partial charge in [0.1, 0.15) is 4.60 Å². The molecule has 5 heteroatoms. The van der Waals surface area contributed by atoms with Gasteiger partial charge in [0.25, 0.3) is 0 Å². The van der Waals surface area contributed by atoms with Crippen LogP contribution < -0.4 is 0 Å². The number of aryl methyl sites for hydroxylation is 1. The van der Waals surface area contributed by atoms with Gasteiger partial charge in [0.2, 0.25) is 0 Å². The van der Waals surface area contributed by atoms with Crippen LogP contribution in [0, 0.1) is 13.8 Å². The van der Waals surface area contributed by atoms with Crippen molar-refractivity contribution in [1.82, 2.24) is 4.98 Å². The minimum absolute atomic E-state index is 0.330. The molecule has 82 valence electrons. The number of pyridine rings is 1. The summed E-state index contributed by atoms with van der Waals surface area (Å²) in [6, 6.07) is 0. The standard InChI is InChI=1S/C10H11BrClNO2/c1-4-15-10(14)7-5(2)8(12)6(3)13-9(7)11/h4H2,1-3H3. The van der Waals surface area contributed by atoms with Crippen molar-refractivity contribution in [1.29, 1.82) is 0 Å². The summed E-state index contributed by atoms with van der Waals surface area (Å²) in [5, 5.41) is 0.501. The Morgan fingerprint density at radius 1 is 1.53 bits per heavy atom. The number of carbonyl (C=O) groups excluding carboxylic acids is 1. The molecule has 1 rings (SSSR count). The molecule has 0 saturated heterocycles. The highest BCUT2D eigenvalue weighted by molar-refractivity contribution is 9.10. The van der Waals surface area contributed by atoms with Crippen molar-refractivity contribution in [3.63, 3.8) is 0 Å². The molecular weight excluding hydrogens is 281 g/mol. The maximum absolute atomic E-state index is 11.6. The van der Waals surface area contributed by atoms with E-state index < -0.39 is 5.97 Å². The summed E-state index contributed by atoms with van der Waals surface area (Å²) in [7, 11) is 0. The van der Waals surface area contributed by atoms with Crippen molar-refractivity contribution in [3.8, 4) is 0 Å². The molecule has 1 heterocycles. The van der Waals surface area contributed by atoms with E-state index in [1.165, 1.54) is 0 Å². The summed E-state index contributed by atoms with van der Waals surface area (Å²) in [6.45, 7) is 5.64. The second kappa shape index (κ2) is 4.94. The first-order valence-corrected chi connectivity index (χ1v) is 5.65. The summed E-state index contributed by atoms with van der Waals surface area (Å²) in [6.07, 6.45) is 0. The van der Waals surface area contributed by atoms with E-state index in [1.54, 1.807) is 20.8 Å². The molecule has 0 aromatic carbocycles. The van der Waals surface area contributed by atoms with E-state index in [0.29, 0.717) is 33.1 Å². The van der Waals surface area contributed by atoms with Crippen LogP contribution in [0.2, 0.25) is 5.02 Å². The van der Waals surface area contributed by atoms with Gasteiger partial charge in [-0.2, -0.15) is 0 Å². The van der Waals surface area contributed by atoms with Crippen LogP contribution >= 0.6 is 27.5 Å². The van der Waals surface area contributed by atoms with Crippen LogP contribution in [0.1, 0.15) is 28.5 Å². The number of nitrogens with zero attached hydrogens (tertiary/aromatic N) is 1. The molecule has 0 radical (unpaired) electrons. The number of hydrogen-bond acceptors (Lipinski definition) is 3. The van der Waals surface area contributed by atoms with Crippen molar-refractivity contribution < 1.29 is 9.53 Å². The van der Waals surface area contributed by atoms with E-state index in [4.69, 9.17) is 16.3 Å². The number of esters is 1. The molecule has 3 nitrogen and oxygen atoms in total. The lowest BCUT2D eigenvalue weighted by atomic mass is 10.1. The SMILES string of the molecule is CCOC(=O)c1c(Br)nc(C)c(Cl)c1C. The normalized spacial score (nSPS) is 10.2. The number of halogens is 2. The molecule has 1 aromatic rings. The molecule has 0 amide bonds. The highest BCUT2D eigenvalue weighted by Crippen LogP contribution is 2.27. The summed E-state index contributed by atoms with van der Waals surface area (Å²) in [4.78, 5) is 15.7. The van der Waals surface area contributed by atoms with E-state index in [-0.39, 0.29) is 0 Å². The van der Waals surface area contributed by atoms with Crippen LogP contribution in [0.5, 0.6) is 0 Å². The number of hydrogen-bond donors (Lipinski definition) is 0. The van der Waals surface area contributed by atoms with Gasteiger partial charge >= 0.3 is 5.97 Å². The number of rotatable bonds is 2. The van der Waals surface area contributed by atoms with Gasteiger partial charge in [-0.05, 0) is 42.3 Å². The van der Waals surface area contributed by atoms with Crippen molar-refractivity contribution in [2.45, 2.75) is 20.8 Å². The Balaban J connectivity index is 3.29. The Labute approximate surface area is 102 Å². The highest BCUT2D eigenvalue weighted by atomic mass is 79.9. The Morgan fingerprint density at radius 3 is 2.67 bits per heavy atom. The fourth-order valence-electron chi connectivity index (χ4n) is 1.23. The lowest BCUT2D eigenvalue weighted by Crippen LogP contribution is -2.10. The fraction of sp³-hybridized carbons (Fsp3) is 0.400. The Bertz CT molecular complexity index is 407. The Morgan fingerprint density at radius 2 is 2.13 bits per heavy atom. The van der Waals surface area contributed by atoms with Gasteiger partial charge in [0, 0.05) is 0 Å². The lowest BCUT2D eigenvalue weighted by Gasteiger charge is -2.10. The minimum atomic E-state index is -0.406. The first kappa shape index (κ1) is 12.5. The molecule has 0 aliphatic heterocycles. The fourth-order valence-corrected chi connectivity index (χ4v) is 2.09. The third kappa shape index (κ3) is 2.49. The summed E-state index contributed by atoms with van der Waals surface area (Å²) in [5.41, 5.74) is 1.77. The second-order valence-corrected chi connectivity index (χ2v) is 4.15. The van der Waals surface area contributed by atoms with Crippen LogP contribution in [0.25, 0.3) is 0 Å². The summed E-state index contributed by atoms with van der Waals surface area (Å²) < 4.78 is 5.39. The Hall–Kier alpha value is -0.610. The highest BCUT2D eigenvalue weighted by Gasteiger charge is 2.19. The number of ether oxygens (including phenoxy) is 1. The molecule has 0 aliphatic rings. The zero-order chi connectivity index (χ0) is 11.6. The molecule has 0 unspecified atom stereocenters. The maximum atomic E-state index is 11.6. The van der Waals surface area contributed by atoms with Gasteiger partial charge in [0.05, 0.1) is 22.9 Å². The van der Waals surface area contributed by atoms with E-state index in [1.807, 2.05) is 0 Å². The van der Waals surface area contributed by atoms with Crippen LogP contribution in [-0.2, 0) is 4.74 Å². The van der Waals surface area contributed by atoms with Gasteiger partial charge < -0.3 is 4.74 Å². The average Bonchev–Trinajstić information content (AvgIpc) is 2.15. The predicted molar refractivity (Wildman–Crippen MR) is 62.4 cm³/mol. The van der Waals surface area contributed by atoms with Crippen LogP contribution in [0.4, 0.5) is 0 Å². The molecule has 1 aromatic heterocycles. The molecule has 0 saturated carbocycles. The quantitative estimate of drug-likeness (QED) is 0.620. The smallest absolute Gasteiger partial charge is 0.341 e. The van der Waals surface area contributed by atoms with Crippen molar-refractivity contribution in [2.75, 3.05) is 6.61 Å². The largest absolute Gasteiger partial charge is 0.462 e. The summed E-state index contributed by atoms with van der Waals surface area (Å²) >= 11 is 9.24. The zero-order valence-corrected chi connectivity index (χ0v) is 11.1. The van der Waals surface area contributed by atoms with Gasteiger partial charge in [-0.15, -0.1) is 0 Å². The lowest BCUT2D eigenvalue weighted by molar-refractivity contribution is 0.0524. The first-order valence-electron chi connectivity index (χ1n) is 4.48. The molecule has 0 fully saturated rings. The minimum Gasteiger partial charge on any atom is -0.462 e. The van der Waals surface area contributed by atoms with E-state index in [2.05, 4.69) is 20.9 Å².